The molecule has 0 bridgehead atoms. The van der Waals surface area contributed by atoms with Gasteiger partial charge in [0.15, 0.2) is 0 Å². The van der Waals surface area contributed by atoms with E-state index in [0.29, 0.717) is 16.1 Å². The number of esters is 2. The van der Waals surface area contributed by atoms with Crippen LogP contribution in [0.3, 0.4) is 0 Å². The van der Waals surface area contributed by atoms with Crippen LogP contribution in [0, 0.1) is 0 Å². The van der Waals surface area contributed by atoms with E-state index in [0.717, 1.165) is 5.56 Å². The van der Waals surface area contributed by atoms with Gasteiger partial charge in [-0.3, -0.25) is 9.59 Å². The minimum Gasteiger partial charge on any atom is -0.465 e. The largest absolute Gasteiger partial charge is 0.465 e. The van der Waals surface area contributed by atoms with Gasteiger partial charge >= 0.3 is 11.9 Å². The number of amides is 1. The molecule has 0 aliphatic carbocycles. The molecule has 0 radical (unpaired) electrons. The second-order valence-electron chi connectivity index (χ2n) is 6.61. The number of methoxy groups -OCH3 is 1. The molecule has 1 atom stereocenters. The van der Waals surface area contributed by atoms with E-state index in [1.54, 1.807) is 24.3 Å². The Hall–Kier alpha value is -3.64. The van der Waals surface area contributed by atoms with E-state index in [1.165, 1.54) is 31.4 Å². The van der Waals surface area contributed by atoms with Crippen molar-refractivity contribution in [1.29, 1.82) is 0 Å². The van der Waals surface area contributed by atoms with Gasteiger partial charge in [0, 0.05) is 0 Å². The molecule has 0 heterocycles. The van der Waals surface area contributed by atoms with Crippen molar-refractivity contribution < 1.29 is 23.9 Å². The fourth-order valence-electron chi connectivity index (χ4n) is 2.94. The van der Waals surface area contributed by atoms with Crippen LogP contribution in [0.5, 0.6) is 5.75 Å². The second kappa shape index (κ2) is 10.4. The number of carbonyl (C=O) groups excluding carboxylic acids is 3. The summed E-state index contributed by atoms with van der Waals surface area (Å²) in [5.41, 5.74) is 1.41. The zero-order chi connectivity index (χ0) is 22.2. The molecule has 3 rings (SSSR count). The summed E-state index contributed by atoms with van der Waals surface area (Å²) in [5.74, 6) is -1.14. The number of ether oxygens (including phenoxy) is 2. The number of halogens is 1. The molecule has 1 N–H and O–H groups in total. The molecule has 0 aliphatic rings. The Labute approximate surface area is 184 Å². The van der Waals surface area contributed by atoms with Crippen molar-refractivity contribution in [3.05, 3.63) is 101 Å². The van der Waals surface area contributed by atoms with E-state index >= 15 is 0 Å². The maximum Gasteiger partial charge on any atom is 0.337 e. The summed E-state index contributed by atoms with van der Waals surface area (Å²) in [6, 6.07) is 21.2. The first-order chi connectivity index (χ1) is 15.0. The lowest BCUT2D eigenvalue weighted by Gasteiger charge is -2.19. The monoisotopic (exact) mass is 437 g/mol. The molecule has 7 heteroatoms. The van der Waals surface area contributed by atoms with Crippen molar-refractivity contribution in [1.82, 2.24) is 5.32 Å². The lowest BCUT2D eigenvalue weighted by Crippen LogP contribution is -2.31. The summed E-state index contributed by atoms with van der Waals surface area (Å²) >= 11 is 6.12. The van der Waals surface area contributed by atoms with Crippen LogP contribution in [0.4, 0.5) is 0 Å². The summed E-state index contributed by atoms with van der Waals surface area (Å²) in [5, 5.41) is 3.17. The van der Waals surface area contributed by atoms with Gasteiger partial charge in [-0.05, 0) is 42.0 Å². The zero-order valence-electron chi connectivity index (χ0n) is 16.7. The van der Waals surface area contributed by atoms with E-state index in [2.05, 4.69) is 10.1 Å². The normalized spacial score (nSPS) is 11.3. The molecule has 3 aromatic carbocycles. The maximum atomic E-state index is 12.7. The molecule has 0 saturated heterocycles. The average molecular weight is 438 g/mol. The average Bonchev–Trinajstić information content (AvgIpc) is 2.79. The van der Waals surface area contributed by atoms with Crippen LogP contribution in [-0.4, -0.2) is 25.0 Å². The Morgan fingerprint density at radius 1 is 0.903 bits per heavy atom. The fourth-order valence-corrected chi connectivity index (χ4v) is 3.16. The summed E-state index contributed by atoms with van der Waals surface area (Å²) in [6.07, 6.45) is -0.0983. The summed E-state index contributed by atoms with van der Waals surface area (Å²) in [7, 11) is 1.29. The van der Waals surface area contributed by atoms with Crippen LogP contribution >= 0.6 is 11.6 Å². The van der Waals surface area contributed by atoms with Crippen molar-refractivity contribution in [3.63, 3.8) is 0 Å². The van der Waals surface area contributed by atoms with Gasteiger partial charge in [-0.15, -0.1) is 0 Å². The van der Waals surface area contributed by atoms with Gasteiger partial charge in [0.05, 0.1) is 35.7 Å². The third-order valence-electron chi connectivity index (χ3n) is 4.50. The van der Waals surface area contributed by atoms with Gasteiger partial charge in [0.25, 0.3) is 5.91 Å². The zero-order valence-corrected chi connectivity index (χ0v) is 17.5. The van der Waals surface area contributed by atoms with Crippen LogP contribution in [0.2, 0.25) is 5.02 Å². The number of hydrogen-bond donors (Lipinski definition) is 1. The summed E-state index contributed by atoms with van der Waals surface area (Å²) in [6.45, 7) is 0. The third kappa shape index (κ3) is 5.93. The van der Waals surface area contributed by atoms with E-state index in [4.69, 9.17) is 16.3 Å². The van der Waals surface area contributed by atoms with E-state index in [9.17, 15) is 14.4 Å². The van der Waals surface area contributed by atoms with Gasteiger partial charge in [-0.25, -0.2) is 4.79 Å². The highest BCUT2D eigenvalue weighted by molar-refractivity contribution is 6.33. The van der Waals surface area contributed by atoms with E-state index in [1.807, 2.05) is 30.3 Å². The molecular formula is C24H20ClNO5. The number of rotatable bonds is 7. The van der Waals surface area contributed by atoms with Crippen molar-refractivity contribution in [2.45, 2.75) is 12.5 Å². The lowest BCUT2D eigenvalue weighted by molar-refractivity contribution is -0.134. The van der Waals surface area contributed by atoms with Crippen LogP contribution in [0.25, 0.3) is 0 Å². The quantitative estimate of drug-likeness (QED) is 0.431. The van der Waals surface area contributed by atoms with Crippen LogP contribution in [0.15, 0.2) is 78.9 Å². The first-order valence-corrected chi connectivity index (χ1v) is 9.85. The lowest BCUT2D eigenvalue weighted by atomic mass is 10.0. The Morgan fingerprint density at radius 2 is 1.55 bits per heavy atom. The minimum absolute atomic E-state index is 0.0983. The molecule has 31 heavy (non-hydrogen) atoms. The molecule has 0 aliphatic heterocycles. The number of nitrogens with one attached hydrogen (secondary N) is 1. The molecular weight excluding hydrogens is 418 g/mol. The molecule has 3 aromatic rings. The van der Waals surface area contributed by atoms with Crippen LogP contribution in [0.1, 0.15) is 38.7 Å². The fraction of sp³-hybridized carbons (Fsp3) is 0.125. The molecule has 0 unspecified atom stereocenters. The van der Waals surface area contributed by atoms with E-state index < -0.39 is 23.9 Å². The second-order valence-corrected chi connectivity index (χ2v) is 7.02. The SMILES string of the molecule is COC(=O)c1ccc(OC(=O)C[C@@H](NC(=O)c2ccccc2Cl)c2ccccc2)cc1. The van der Waals surface area contributed by atoms with Crippen molar-refractivity contribution in [3.8, 4) is 5.75 Å². The Bertz CT molecular complexity index is 1070. The smallest absolute Gasteiger partial charge is 0.337 e. The Morgan fingerprint density at radius 3 is 2.19 bits per heavy atom. The third-order valence-corrected chi connectivity index (χ3v) is 4.83. The number of carbonyl (C=O) groups is 3. The Balaban J connectivity index is 1.73. The van der Waals surface area contributed by atoms with Gasteiger partial charge in [-0.2, -0.15) is 0 Å². The molecule has 6 nitrogen and oxygen atoms in total. The summed E-state index contributed by atoms with van der Waals surface area (Å²) in [4.78, 5) is 36.8. The van der Waals surface area contributed by atoms with Crippen molar-refractivity contribution in [2.24, 2.45) is 0 Å². The Kier molecular flexibility index (Phi) is 7.40. The molecule has 1 amide bonds. The summed E-state index contributed by atoms with van der Waals surface area (Å²) < 4.78 is 10.0. The predicted octanol–water partition coefficient (Wildman–Crippen LogP) is 4.59. The van der Waals surface area contributed by atoms with Crippen molar-refractivity contribution >= 4 is 29.4 Å². The number of hydrogen-bond acceptors (Lipinski definition) is 5. The highest BCUT2D eigenvalue weighted by Crippen LogP contribution is 2.22. The van der Waals surface area contributed by atoms with Gasteiger partial charge in [0.1, 0.15) is 5.75 Å². The molecule has 0 spiro atoms. The first-order valence-electron chi connectivity index (χ1n) is 9.47. The maximum absolute atomic E-state index is 12.7. The van der Waals surface area contributed by atoms with Crippen LogP contribution in [-0.2, 0) is 9.53 Å². The highest BCUT2D eigenvalue weighted by atomic mass is 35.5. The van der Waals surface area contributed by atoms with Gasteiger partial charge in [0.2, 0.25) is 0 Å². The van der Waals surface area contributed by atoms with Gasteiger partial charge < -0.3 is 14.8 Å². The van der Waals surface area contributed by atoms with E-state index in [-0.39, 0.29) is 12.2 Å². The highest BCUT2D eigenvalue weighted by Gasteiger charge is 2.21. The standard InChI is InChI=1S/C24H20ClNO5/c1-30-24(29)17-11-13-18(14-12-17)31-22(27)15-21(16-7-3-2-4-8-16)26-23(28)19-9-5-6-10-20(19)25/h2-14,21H,15H2,1H3,(H,26,28)/t21-/m1/s1. The molecule has 0 fully saturated rings. The minimum atomic E-state index is -0.619. The van der Waals surface area contributed by atoms with Crippen molar-refractivity contribution in [2.75, 3.05) is 7.11 Å². The van der Waals surface area contributed by atoms with Gasteiger partial charge in [-0.1, -0.05) is 54.1 Å². The first kappa shape index (κ1) is 22.1. The topological polar surface area (TPSA) is 81.7 Å². The molecule has 0 aromatic heterocycles. The number of benzene rings is 3. The predicted molar refractivity (Wildman–Crippen MR) is 116 cm³/mol. The van der Waals surface area contributed by atoms with Crippen LogP contribution < -0.4 is 10.1 Å². The molecule has 158 valence electrons. The molecule has 0 saturated carbocycles.